The summed E-state index contributed by atoms with van der Waals surface area (Å²) in [5.41, 5.74) is 1.34. The van der Waals surface area contributed by atoms with Crippen molar-refractivity contribution < 1.29 is 19.1 Å². The number of likely N-dealkylation sites (tertiary alicyclic amines) is 1. The lowest BCUT2D eigenvalue weighted by Crippen LogP contribution is -2.40. The average Bonchev–Trinajstić information content (AvgIpc) is 2.72. The summed E-state index contributed by atoms with van der Waals surface area (Å²) in [5.74, 6) is 0.791. The van der Waals surface area contributed by atoms with Crippen LogP contribution in [0.1, 0.15) is 48.2 Å². The van der Waals surface area contributed by atoms with E-state index in [4.69, 9.17) is 9.47 Å². The van der Waals surface area contributed by atoms with Crippen LogP contribution in [0.2, 0.25) is 0 Å². The SMILES string of the molecule is COc1cc(C(C)=O)ccc1O[C@@H](C(=O)N1CCCCC1)c1ccccc1. The van der Waals surface area contributed by atoms with Crippen LogP contribution >= 0.6 is 0 Å². The number of methoxy groups -OCH3 is 1. The average molecular weight is 367 g/mol. The van der Waals surface area contributed by atoms with Gasteiger partial charge in [-0.25, -0.2) is 0 Å². The normalized spacial score (nSPS) is 15.1. The Morgan fingerprint density at radius 3 is 2.30 bits per heavy atom. The predicted molar refractivity (Wildman–Crippen MR) is 103 cm³/mol. The van der Waals surface area contributed by atoms with Crippen LogP contribution in [0.4, 0.5) is 0 Å². The van der Waals surface area contributed by atoms with Gasteiger partial charge in [0, 0.05) is 24.2 Å². The highest BCUT2D eigenvalue weighted by Gasteiger charge is 2.29. The van der Waals surface area contributed by atoms with Crippen LogP contribution in [0.5, 0.6) is 11.5 Å². The lowest BCUT2D eigenvalue weighted by atomic mass is 10.1. The third-order valence-electron chi connectivity index (χ3n) is 4.81. The molecule has 2 aromatic rings. The number of benzene rings is 2. The molecule has 0 aliphatic carbocycles. The number of rotatable bonds is 6. The van der Waals surface area contributed by atoms with E-state index in [-0.39, 0.29) is 11.7 Å². The number of amides is 1. The Morgan fingerprint density at radius 1 is 0.963 bits per heavy atom. The standard InChI is InChI=1S/C22H25NO4/c1-16(24)18-11-12-19(20(15-18)26-2)27-21(17-9-5-3-6-10-17)22(25)23-13-7-4-8-14-23/h3,5-6,9-12,15,21H,4,7-8,13-14H2,1-2H3/t21-/m1/s1. The molecule has 1 saturated heterocycles. The van der Waals surface area contributed by atoms with Crippen molar-refractivity contribution in [2.75, 3.05) is 20.2 Å². The molecule has 142 valence electrons. The van der Waals surface area contributed by atoms with Gasteiger partial charge in [0.1, 0.15) is 0 Å². The van der Waals surface area contributed by atoms with Crippen molar-refractivity contribution in [2.24, 2.45) is 0 Å². The topological polar surface area (TPSA) is 55.8 Å². The van der Waals surface area contributed by atoms with Crippen LogP contribution in [0.15, 0.2) is 48.5 Å². The molecule has 1 amide bonds. The largest absolute Gasteiger partial charge is 0.493 e. The number of hydrogen-bond donors (Lipinski definition) is 0. The molecule has 0 N–H and O–H groups in total. The number of Topliss-reactive ketones (excluding diaryl/α,β-unsaturated/α-hetero) is 1. The zero-order chi connectivity index (χ0) is 19.2. The van der Waals surface area contributed by atoms with Gasteiger partial charge in [-0.3, -0.25) is 9.59 Å². The van der Waals surface area contributed by atoms with Gasteiger partial charge in [0.2, 0.25) is 6.10 Å². The van der Waals surface area contributed by atoms with Gasteiger partial charge < -0.3 is 14.4 Å². The third kappa shape index (κ3) is 4.48. The molecule has 0 spiro atoms. The molecule has 0 saturated carbocycles. The Balaban J connectivity index is 1.92. The molecule has 1 heterocycles. The number of ketones is 1. The molecule has 5 nitrogen and oxygen atoms in total. The van der Waals surface area contributed by atoms with E-state index in [1.807, 2.05) is 35.2 Å². The third-order valence-corrected chi connectivity index (χ3v) is 4.81. The zero-order valence-corrected chi connectivity index (χ0v) is 15.8. The summed E-state index contributed by atoms with van der Waals surface area (Å²) in [6.07, 6.45) is 2.44. The first-order chi connectivity index (χ1) is 13.1. The van der Waals surface area contributed by atoms with Crippen molar-refractivity contribution in [3.8, 4) is 11.5 Å². The van der Waals surface area contributed by atoms with Crippen molar-refractivity contribution in [3.05, 3.63) is 59.7 Å². The van der Waals surface area contributed by atoms with Gasteiger partial charge in [-0.15, -0.1) is 0 Å². The summed E-state index contributed by atoms with van der Waals surface area (Å²) < 4.78 is 11.5. The van der Waals surface area contributed by atoms with Crippen molar-refractivity contribution in [2.45, 2.75) is 32.3 Å². The predicted octanol–water partition coefficient (Wildman–Crippen LogP) is 4.03. The Hall–Kier alpha value is -2.82. The molecule has 0 radical (unpaired) electrons. The van der Waals surface area contributed by atoms with Gasteiger partial charge in [0.25, 0.3) is 5.91 Å². The van der Waals surface area contributed by atoms with E-state index in [2.05, 4.69) is 0 Å². The molecule has 1 fully saturated rings. The highest BCUT2D eigenvalue weighted by molar-refractivity contribution is 5.94. The summed E-state index contributed by atoms with van der Waals surface area (Å²) in [4.78, 5) is 26.7. The highest BCUT2D eigenvalue weighted by Crippen LogP contribution is 2.33. The van der Waals surface area contributed by atoms with Gasteiger partial charge in [0.15, 0.2) is 17.3 Å². The van der Waals surface area contributed by atoms with E-state index in [0.29, 0.717) is 17.1 Å². The maximum absolute atomic E-state index is 13.2. The van der Waals surface area contributed by atoms with Gasteiger partial charge in [-0.05, 0) is 44.4 Å². The quantitative estimate of drug-likeness (QED) is 0.724. The molecule has 1 atom stereocenters. The fourth-order valence-corrected chi connectivity index (χ4v) is 3.28. The summed E-state index contributed by atoms with van der Waals surface area (Å²) >= 11 is 0. The Bertz CT molecular complexity index is 797. The van der Waals surface area contributed by atoms with E-state index in [9.17, 15) is 9.59 Å². The van der Waals surface area contributed by atoms with Gasteiger partial charge >= 0.3 is 0 Å². The van der Waals surface area contributed by atoms with E-state index in [1.54, 1.807) is 18.2 Å². The Labute approximate surface area is 159 Å². The second-order valence-corrected chi connectivity index (χ2v) is 6.72. The number of carbonyl (C=O) groups is 2. The van der Waals surface area contributed by atoms with Crippen molar-refractivity contribution in [1.29, 1.82) is 0 Å². The van der Waals surface area contributed by atoms with Crippen LogP contribution in [-0.2, 0) is 4.79 Å². The number of ether oxygens (including phenoxy) is 2. The minimum atomic E-state index is -0.749. The molecule has 0 aromatic heterocycles. The molecule has 5 heteroatoms. The lowest BCUT2D eigenvalue weighted by molar-refractivity contribution is -0.140. The number of nitrogens with zero attached hydrogens (tertiary/aromatic N) is 1. The zero-order valence-electron chi connectivity index (χ0n) is 15.8. The molecular weight excluding hydrogens is 342 g/mol. The van der Waals surface area contributed by atoms with Gasteiger partial charge in [0.05, 0.1) is 7.11 Å². The molecule has 1 aliphatic heterocycles. The second-order valence-electron chi connectivity index (χ2n) is 6.72. The van der Waals surface area contributed by atoms with Crippen LogP contribution in [0, 0.1) is 0 Å². The molecule has 2 aromatic carbocycles. The molecule has 0 bridgehead atoms. The van der Waals surface area contributed by atoms with Crippen LogP contribution in [0.25, 0.3) is 0 Å². The monoisotopic (exact) mass is 367 g/mol. The molecule has 3 rings (SSSR count). The molecule has 27 heavy (non-hydrogen) atoms. The van der Waals surface area contributed by atoms with Crippen molar-refractivity contribution >= 4 is 11.7 Å². The first-order valence-corrected chi connectivity index (χ1v) is 9.29. The van der Waals surface area contributed by atoms with Crippen LogP contribution in [-0.4, -0.2) is 36.8 Å². The summed E-state index contributed by atoms with van der Waals surface area (Å²) in [5, 5.41) is 0. The van der Waals surface area contributed by atoms with E-state index >= 15 is 0 Å². The van der Waals surface area contributed by atoms with Gasteiger partial charge in [-0.2, -0.15) is 0 Å². The van der Waals surface area contributed by atoms with Crippen LogP contribution in [0.3, 0.4) is 0 Å². The summed E-state index contributed by atoms with van der Waals surface area (Å²) in [6, 6.07) is 14.5. The Kier molecular flexibility index (Phi) is 6.12. The van der Waals surface area contributed by atoms with E-state index in [0.717, 1.165) is 37.9 Å². The Morgan fingerprint density at radius 2 is 1.67 bits per heavy atom. The highest BCUT2D eigenvalue weighted by atomic mass is 16.5. The fraction of sp³-hybridized carbons (Fsp3) is 0.364. The first-order valence-electron chi connectivity index (χ1n) is 9.29. The molecule has 1 aliphatic rings. The van der Waals surface area contributed by atoms with Gasteiger partial charge in [-0.1, -0.05) is 30.3 Å². The first kappa shape index (κ1) is 19.0. The minimum Gasteiger partial charge on any atom is -0.493 e. The minimum absolute atomic E-state index is 0.0430. The van der Waals surface area contributed by atoms with E-state index in [1.165, 1.54) is 14.0 Å². The molecular formula is C22H25NO4. The fourth-order valence-electron chi connectivity index (χ4n) is 3.28. The smallest absolute Gasteiger partial charge is 0.268 e. The van der Waals surface area contributed by atoms with Crippen molar-refractivity contribution in [1.82, 2.24) is 4.90 Å². The summed E-state index contributed by atoms with van der Waals surface area (Å²) in [6.45, 7) is 3.01. The van der Waals surface area contributed by atoms with E-state index < -0.39 is 6.10 Å². The maximum Gasteiger partial charge on any atom is 0.268 e. The number of carbonyl (C=O) groups excluding carboxylic acids is 2. The second kappa shape index (κ2) is 8.71. The molecule has 0 unspecified atom stereocenters. The van der Waals surface area contributed by atoms with Crippen LogP contribution < -0.4 is 9.47 Å². The maximum atomic E-state index is 13.2. The lowest BCUT2D eigenvalue weighted by Gasteiger charge is -2.31. The number of hydrogen-bond acceptors (Lipinski definition) is 4. The van der Waals surface area contributed by atoms with Crippen molar-refractivity contribution in [3.63, 3.8) is 0 Å². The summed E-state index contributed by atoms with van der Waals surface area (Å²) in [7, 11) is 1.52. The number of piperidine rings is 1.